The van der Waals surface area contributed by atoms with Crippen molar-refractivity contribution in [3.05, 3.63) is 5.89 Å². The summed E-state index contributed by atoms with van der Waals surface area (Å²) in [5, 5.41) is 13.8. The van der Waals surface area contributed by atoms with Crippen LogP contribution in [0.2, 0.25) is 0 Å². The van der Waals surface area contributed by atoms with Gasteiger partial charge in [0, 0.05) is 26.6 Å². The van der Waals surface area contributed by atoms with Gasteiger partial charge in [-0.15, -0.1) is 5.10 Å². The highest BCUT2D eigenvalue weighted by Gasteiger charge is 2.04. The Hall–Kier alpha value is -1.67. The molecule has 0 saturated carbocycles. The van der Waals surface area contributed by atoms with Crippen LogP contribution in [0, 0.1) is 0 Å². The quantitative estimate of drug-likeness (QED) is 0.480. The fraction of sp³-hybridized carbons (Fsp3) is 0.727. The molecule has 0 fully saturated rings. The van der Waals surface area contributed by atoms with E-state index in [0.29, 0.717) is 38.0 Å². The van der Waals surface area contributed by atoms with Crippen LogP contribution in [-0.4, -0.2) is 42.9 Å². The van der Waals surface area contributed by atoms with E-state index >= 15 is 0 Å². The van der Waals surface area contributed by atoms with Crippen molar-refractivity contribution in [2.45, 2.75) is 25.8 Å². The lowest BCUT2D eigenvalue weighted by Gasteiger charge is -2.00. The summed E-state index contributed by atoms with van der Waals surface area (Å²) in [6.45, 7) is 2.56. The number of carbonyl (C=O) groups is 1. The minimum Gasteiger partial charge on any atom is -0.407 e. The van der Waals surface area contributed by atoms with Gasteiger partial charge in [0.05, 0.1) is 13.2 Å². The van der Waals surface area contributed by atoms with E-state index in [-0.39, 0.29) is 5.91 Å². The smallest absolute Gasteiger partial charge is 0.315 e. The molecule has 8 nitrogen and oxygen atoms in total. The summed E-state index contributed by atoms with van der Waals surface area (Å²) in [4.78, 5) is 10.5. The number of nitrogens with zero attached hydrogens (tertiary/aromatic N) is 2. The predicted molar refractivity (Wildman–Crippen MR) is 69.4 cm³/mol. The van der Waals surface area contributed by atoms with Gasteiger partial charge >= 0.3 is 6.01 Å². The van der Waals surface area contributed by atoms with Crippen molar-refractivity contribution < 1.29 is 13.9 Å². The van der Waals surface area contributed by atoms with E-state index in [0.717, 1.165) is 19.4 Å². The first kappa shape index (κ1) is 15.4. The number of amides is 1. The van der Waals surface area contributed by atoms with E-state index in [1.807, 2.05) is 0 Å². The molecule has 0 aliphatic carbocycles. The summed E-state index contributed by atoms with van der Waals surface area (Å²) in [7, 11) is 1.65. The second-order valence-electron chi connectivity index (χ2n) is 4.02. The van der Waals surface area contributed by atoms with E-state index in [9.17, 15) is 4.79 Å². The largest absolute Gasteiger partial charge is 0.407 e. The first-order valence-electron chi connectivity index (χ1n) is 6.26. The van der Waals surface area contributed by atoms with Gasteiger partial charge in [0.15, 0.2) is 0 Å². The Balaban J connectivity index is 2.11. The second-order valence-corrected chi connectivity index (χ2v) is 4.02. The number of aromatic nitrogens is 2. The zero-order valence-corrected chi connectivity index (χ0v) is 11.1. The van der Waals surface area contributed by atoms with Gasteiger partial charge < -0.3 is 25.5 Å². The molecule has 1 aromatic heterocycles. The maximum absolute atomic E-state index is 10.5. The van der Waals surface area contributed by atoms with Crippen LogP contribution in [0.4, 0.5) is 6.01 Å². The summed E-state index contributed by atoms with van der Waals surface area (Å²) in [6.07, 6.45) is 1.98. The van der Waals surface area contributed by atoms with Gasteiger partial charge in [-0.1, -0.05) is 5.10 Å². The Morgan fingerprint density at radius 2 is 2.21 bits per heavy atom. The fourth-order valence-corrected chi connectivity index (χ4v) is 1.39. The number of methoxy groups -OCH3 is 1. The Labute approximate surface area is 112 Å². The molecule has 1 amide bonds. The van der Waals surface area contributed by atoms with E-state index in [1.165, 1.54) is 0 Å². The zero-order chi connectivity index (χ0) is 13.9. The number of nitrogens with two attached hydrogens (primary N) is 1. The highest BCUT2D eigenvalue weighted by molar-refractivity contribution is 5.73. The first-order chi connectivity index (χ1) is 9.22. The van der Waals surface area contributed by atoms with Crippen molar-refractivity contribution in [1.82, 2.24) is 15.5 Å². The third-order valence-electron chi connectivity index (χ3n) is 2.35. The average molecular weight is 271 g/mol. The topological polar surface area (TPSA) is 115 Å². The molecule has 0 aliphatic rings. The molecule has 1 heterocycles. The number of hydrogen-bond donors (Lipinski definition) is 3. The van der Waals surface area contributed by atoms with Crippen molar-refractivity contribution in [2.75, 3.05) is 32.1 Å². The Morgan fingerprint density at radius 1 is 1.37 bits per heavy atom. The van der Waals surface area contributed by atoms with Gasteiger partial charge in [-0.3, -0.25) is 4.79 Å². The predicted octanol–water partition coefficient (Wildman–Crippen LogP) is -0.127. The van der Waals surface area contributed by atoms with E-state index in [1.54, 1.807) is 7.11 Å². The van der Waals surface area contributed by atoms with Crippen LogP contribution in [-0.2, 0) is 16.1 Å². The third kappa shape index (κ3) is 7.37. The van der Waals surface area contributed by atoms with Crippen molar-refractivity contribution >= 4 is 11.9 Å². The van der Waals surface area contributed by atoms with Crippen molar-refractivity contribution in [1.29, 1.82) is 0 Å². The molecule has 4 N–H and O–H groups in total. The fourth-order valence-electron chi connectivity index (χ4n) is 1.39. The van der Waals surface area contributed by atoms with Gasteiger partial charge in [0.1, 0.15) is 0 Å². The van der Waals surface area contributed by atoms with Gasteiger partial charge in [-0.2, -0.15) is 0 Å². The van der Waals surface area contributed by atoms with Crippen LogP contribution in [0.15, 0.2) is 4.42 Å². The van der Waals surface area contributed by atoms with E-state index in [2.05, 4.69) is 20.8 Å². The molecule has 8 heteroatoms. The highest BCUT2D eigenvalue weighted by Crippen LogP contribution is 2.05. The van der Waals surface area contributed by atoms with Crippen molar-refractivity contribution in [3.63, 3.8) is 0 Å². The maximum Gasteiger partial charge on any atom is 0.315 e. The average Bonchev–Trinajstić information content (AvgIpc) is 2.82. The van der Waals surface area contributed by atoms with E-state index < -0.39 is 0 Å². The molecule has 0 aliphatic heterocycles. The summed E-state index contributed by atoms with van der Waals surface area (Å²) >= 11 is 0. The molecule has 19 heavy (non-hydrogen) atoms. The molecule has 108 valence electrons. The van der Waals surface area contributed by atoms with Crippen LogP contribution >= 0.6 is 0 Å². The number of ether oxygens (including phenoxy) is 1. The monoisotopic (exact) mass is 271 g/mol. The molecule has 0 atom stereocenters. The van der Waals surface area contributed by atoms with Crippen LogP contribution < -0.4 is 16.4 Å². The zero-order valence-electron chi connectivity index (χ0n) is 11.1. The molecular weight excluding hydrogens is 250 g/mol. The van der Waals surface area contributed by atoms with Gasteiger partial charge in [-0.05, 0) is 12.8 Å². The Morgan fingerprint density at radius 3 is 2.95 bits per heavy atom. The highest BCUT2D eigenvalue weighted by atomic mass is 16.5. The first-order valence-corrected chi connectivity index (χ1v) is 6.26. The summed E-state index contributed by atoms with van der Waals surface area (Å²) in [6, 6.07) is 0.391. The summed E-state index contributed by atoms with van der Waals surface area (Å²) in [5.74, 6) is 0.248. The lowest BCUT2D eigenvalue weighted by molar-refractivity contribution is -0.118. The number of anilines is 1. The summed E-state index contributed by atoms with van der Waals surface area (Å²) < 4.78 is 10.3. The van der Waals surface area contributed by atoms with E-state index in [4.69, 9.17) is 14.9 Å². The molecule has 0 spiro atoms. The van der Waals surface area contributed by atoms with Gasteiger partial charge in [0.2, 0.25) is 11.8 Å². The van der Waals surface area contributed by atoms with Crippen molar-refractivity contribution in [3.8, 4) is 0 Å². The van der Waals surface area contributed by atoms with Gasteiger partial charge in [0.25, 0.3) is 0 Å². The standard InChI is InChI=1S/C11H21N5O3/c1-18-7-6-13-8-10-15-16-11(19-10)14-5-3-2-4-9(12)17/h13H,2-8H2,1H3,(H2,12,17)(H,14,16). The molecule has 0 radical (unpaired) electrons. The summed E-state index contributed by atoms with van der Waals surface area (Å²) in [5.41, 5.74) is 5.04. The molecule has 0 bridgehead atoms. The lowest BCUT2D eigenvalue weighted by Crippen LogP contribution is -2.18. The minimum atomic E-state index is -0.276. The number of hydrogen-bond acceptors (Lipinski definition) is 7. The molecule has 1 rings (SSSR count). The second kappa shape index (κ2) is 9.29. The van der Waals surface area contributed by atoms with Crippen LogP contribution in [0.25, 0.3) is 0 Å². The molecular formula is C11H21N5O3. The SMILES string of the molecule is COCCNCc1nnc(NCCCCC(N)=O)o1. The number of primary amides is 1. The molecule has 0 saturated heterocycles. The number of nitrogens with one attached hydrogen (secondary N) is 2. The van der Waals surface area contributed by atoms with Crippen molar-refractivity contribution in [2.24, 2.45) is 5.73 Å². The third-order valence-corrected chi connectivity index (χ3v) is 2.35. The van der Waals surface area contributed by atoms with Crippen LogP contribution in [0.5, 0.6) is 0 Å². The van der Waals surface area contributed by atoms with Gasteiger partial charge in [-0.25, -0.2) is 0 Å². The number of carbonyl (C=O) groups excluding carboxylic acids is 1. The lowest BCUT2D eigenvalue weighted by atomic mass is 10.2. The maximum atomic E-state index is 10.5. The Kier molecular flexibility index (Phi) is 7.52. The Bertz CT molecular complexity index is 369. The normalized spacial score (nSPS) is 10.6. The number of unbranched alkanes of at least 4 members (excludes halogenated alkanes) is 1. The van der Waals surface area contributed by atoms with Crippen LogP contribution in [0.1, 0.15) is 25.2 Å². The molecule has 1 aromatic rings. The van der Waals surface area contributed by atoms with Crippen LogP contribution in [0.3, 0.4) is 0 Å². The molecule has 0 aromatic carbocycles. The molecule has 0 unspecified atom stereocenters. The minimum absolute atomic E-state index is 0.276. The number of rotatable bonds is 11.